The third-order valence-corrected chi connectivity index (χ3v) is 5.86. The lowest BCUT2D eigenvalue weighted by Gasteiger charge is -2.28. The van der Waals surface area contributed by atoms with Gasteiger partial charge in [-0.25, -0.2) is 9.79 Å². The zero-order valence-electron chi connectivity index (χ0n) is 17.7. The monoisotopic (exact) mass is 479 g/mol. The predicted molar refractivity (Wildman–Crippen MR) is 118 cm³/mol. The molecule has 0 spiro atoms. The van der Waals surface area contributed by atoms with E-state index < -0.39 is 34.8 Å². The van der Waals surface area contributed by atoms with Crippen molar-refractivity contribution in [2.75, 3.05) is 19.0 Å². The van der Waals surface area contributed by atoms with Crippen molar-refractivity contribution >= 4 is 46.1 Å². The number of carbonyl (C=O) groups is 3. The van der Waals surface area contributed by atoms with Crippen molar-refractivity contribution in [1.29, 1.82) is 0 Å². The van der Waals surface area contributed by atoms with Gasteiger partial charge in [-0.05, 0) is 49.4 Å². The van der Waals surface area contributed by atoms with Crippen LogP contribution in [0.2, 0.25) is 0 Å². The van der Waals surface area contributed by atoms with Gasteiger partial charge in [0.1, 0.15) is 5.25 Å². The van der Waals surface area contributed by atoms with Crippen LogP contribution >= 0.6 is 11.8 Å². The Labute approximate surface area is 192 Å². The van der Waals surface area contributed by atoms with E-state index in [4.69, 9.17) is 4.74 Å². The number of thioether (sulfide) groups is 1. The number of aliphatic imine (C=N–C) groups is 1. The first-order valence-corrected chi connectivity index (χ1v) is 10.7. The molecule has 1 aliphatic rings. The molecule has 0 aliphatic carbocycles. The van der Waals surface area contributed by atoms with Gasteiger partial charge in [-0.2, -0.15) is 13.2 Å². The second-order valence-corrected chi connectivity index (χ2v) is 8.16. The van der Waals surface area contributed by atoms with Gasteiger partial charge in [0, 0.05) is 19.2 Å². The second kappa shape index (κ2) is 10.1. The number of halogens is 3. The molecule has 1 heterocycles. The minimum Gasteiger partial charge on any atom is -0.462 e. The summed E-state index contributed by atoms with van der Waals surface area (Å²) in [4.78, 5) is 42.2. The number of nitrogens with one attached hydrogen (secondary N) is 1. The Morgan fingerprint density at radius 1 is 1.21 bits per heavy atom. The van der Waals surface area contributed by atoms with Gasteiger partial charge in [-0.15, -0.1) is 0 Å². The molecule has 174 valence electrons. The number of amidine groups is 1. The van der Waals surface area contributed by atoms with E-state index in [1.165, 1.54) is 48.3 Å². The van der Waals surface area contributed by atoms with Crippen LogP contribution in [0.3, 0.4) is 0 Å². The fourth-order valence-corrected chi connectivity index (χ4v) is 3.95. The summed E-state index contributed by atoms with van der Waals surface area (Å²) in [6.07, 6.45) is -4.63. The van der Waals surface area contributed by atoms with E-state index in [2.05, 4.69) is 10.3 Å². The minimum absolute atomic E-state index is 0.0163. The van der Waals surface area contributed by atoms with Gasteiger partial charge >= 0.3 is 12.1 Å². The van der Waals surface area contributed by atoms with Crippen LogP contribution in [-0.2, 0) is 20.5 Å². The number of anilines is 1. The third-order valence-electron chi connectivity index (χ3n) is 4.62. The number of rotatable bonds is 5. The number of amides is 2. The summed E-state index contributed by atoms with van der Waals surface area (Å²) in [5.74, 6) is -1.35. The Kier molecular flexibility index (Phi) is 7.42. The van der Waals surface area contributed by atoms with E-state index in [0.29, 0.717) is 11.3 Å². The van der Waals surface area contributed by atoms with Crippen molar-refractivity contribution in [3.63, 3.8) is 0 Å². The van der Waals surface area contributed by atoms with E-state index in [9.17, 15) is 27.6 Å². The highest BCUT2D eigenvalue weighted by Crippen LogP contribution is 2.33. The molecule has 2 aromatic rings. The van der Waals surface area contributed by atoms with Crippen LogP contribution in [0, 0.1) is 0 Å². The zero-order chi connectivity index (χ0) is 24.2. The van der Waals surface area contributed by atoms with Gasteiger partial charge in [0.05, 0.1) is 23.4 Å². The maximum atomic E-state index is 13.0. The molecule has 1 saturated heterocycles. The standard InChI is InChI=1S/C22H20F3N3O4S/c1-3-32-20(31)13-7-9-15(10-8-13)26-19(30)17-12-18(29)28(2)21(33-17)27-16-6-4-5-14(11-16)22(23,24)25/h4-11,17H,3,12H2,1-2H3,(H,26,30)/t17-/m1/s1. The molecule has 33 heavy (non-hydrogen) atoms. The van der Waals surface area contributed by atoms with Crippen molar-refractivity contribution in [2.24, 2.45) is 4.99 Å². The maximum Gasteiger partial charge on any atom is 0.416 e. The van der Waals surface area contributed by atoms with E-state index in [1.54, 1.807) is 6.92 Å². The van der Waals surface area contributed by atoms with Crippen LogP contribution in [0.25, 0.3) is 0 Å². The molecule has 0 bridgehead atoms. The Bertz CT molecular complexity index is 1090. The van der Waals surface area contributed by atoms with Crippen molar-refractivity contribution in [1.82, 2.24) is 4.90 Å². The first kappa shape index (κ1) is 24.3. The van der Waals surface area contributed by atoms with Crippen LogP contribution in [-0.4, -0.2) is 46.8 Å². The highest BCUT2D eigenvalue weighted by Gasteiger charge is 2.34. The number of ether oxygens (including phenoxy) is 1. The maximum absolute atomic E-state index is 13.0. The highest BCUT2D eigenvalue weighted by atomic mass is 32.2. The fraction of sp³-hybridized carbons (Fsp3) is 0.273. The molecular formula is C22H20F3N3O4S. The van der Waals surface area contributed by atoms with E-state index in [1.807, 2.05) is 0 Å². The van der Waals surface area contributed by atoms with Gasteiger partial charge in [0.15, 0.2) is 5.17 Å². The van der Waals surface area contributed by atoms with Crippen molar-refractivity contribution < 1.29 is 32.3 Å². The molecular weight excluding hydrogens is 459 g/mol. The van der Waals surface area contributed by atoms with Crippen LogP contribution in [0.15, 0.2) is 53.5 Å². The molecule has 0 unspecified atom stereocenters. The first-order valence-electron chi connectivity index (χ1n) is 9.85. The summed E-state index contributed by atoms with van der Waals surface area (Å²) >= 11 is 0.981. The summed E-state index contributed by atoms with van der Waals surface area (Å²) in [5.41, 5.74) is -0.104. The normalized spacial score (nSPS) is 17.7. The molecule has 1 atom stereocenters. The summed E-state index contributed by atoms with van der Waals surface area (Å²) in [6, 6.07) is 10.5. The molecule has 2 aromatic carbocycles. The molecule has 3 rings (SSSR count). The number of esters is 1. The number of benzene rings is 2. The number of hydrogen-bond donors (Lipinski definition) is 1. The van der Waals surface area contributed by atoms with Gasteiger partial charge in [0.25, 0.3) is 0 Å². The molecule has 0 aromatic heterocycles. The molecule has 7 nitrogen and oxygen atoms in total. The molecule has 1 fully saturated rings. The number of nitrogens with zero attached hydrogens (tertiary/aromatic N) is 2. The highest BCUT2D eigenvalue weighted by molar-refractivity contribution is 8.15. The summed E-state index contributed by atoms with van der Waals surface area (Å²) in [5, 5.41) is 1.96. The summed E-state index contributed by atoms with van der Waals surface area (Å²) in [7, 11) is 1.45. The van der Waals surface area contributed by atoms with Crippen LogP contribution in [0.5, 0.6) is 0 Å². The summed E-state index contributed by atoms with van der Waals surface area (Å²) < 4.78 is 43.8. The molecule has 0 radical (unpaired) electrons. The quantitative estimate of drug-likeness (QED) is 0.640. The van der Waals surface area contributed by atoms with Gasteiger partial charge in [-0.3, -0.25) is 14.5 Å². The molecule has 11 heteroatoms. The first-order chi connectivity index (χ1) is 15.6. The van der Waals surface area contributed by atoms with E-state index in [0.717, 1.165) is 23.9 Å². The molecule has 2 amide bonds. The molecule has 1 aliphatic heterocycles. The Morgan fingerprint density at radius 2 is 1.91 bits per heavy atom. The minimum atomic E-state index is -4.52. The largest absolute Gasteiger partial charge is 0.462 e. The average Bonchev–Trinajstić information content (AvgIpc) is 2.77. The predicted octanol–water partition coefficient (Wildman–Crippen LogP) is 4.47. The smallest absolute Gasteiger partial charge is 0.416 e. The Hall–Kier alpha value is -3.34. The van der Waals surface area contributed by atoms with E-state index >= 15 is 0 Å². The topological polar surface area (TPSA) is 88.1 Å². The second-order valence-electron chi connectivity index (χ2n) is 6.99. The van der Waals surface area contributed by atoms with Gasteiger partial charge < -0.3 is 10.1 Å². The van der Waals surface area contributed by atoms with Crippen molar-refractivity contribution in [2.45, 2.75) is 24.8 Å². The number of carbonyl (C=O) groups excluding carboxylic acids is 3. The zero-order valence-corrected chi connectivity index (χ0v) is 18.5. The number of alkyl halides is 3. The van der Waals surface area contributed by atoms with Gasteiger partial charge in [-0.1, -0.05) is 17.8 Å². The summed E-state index contributed by atoms with van der Waals surface area (Å²) in [6.45, 7) is 1.93. The SMILES string of the molecule is CCOC(=O)c1ccc(NC(=O)[C@H]2CC(=O)N(C)C(=Nc3cccc(C(F)(F)F)c3)S2)cc1. The lowest BCUT2D eigenvalue weighted by molar-refractivity contribution is -0.137. The lowest BCUT2D eigenvalue weighted by atomic mass is 10.2. The van der Waals surface area contributed by atoms with Crippen LogP contribution in [0.1, 0.15) is 29.3 Å². The van der Waals surface area contributed by atoms with Crippen LogP contribution in [0.4, 0.5) is 24.5 Å². The van der Waals surface area contributed by atoms with Crippen LogP contribution < -0.4 is 5.32 Å². The Morgan fingerprint density at radius 3 is 2.55 bits per heavy atom. The van der Waals surface area contributed by atoms with E-state index in [-0.39, 0.29) is 23.9 Å². The Balaban J connectivity index is 1.74. The molecule has 0 saturated carbocycles. The van der Waals surface area contributed by atoms with Gasteiger partial charge in [0.2, 0.25) is 11.8 Å². The number of hydrogen-bond acceptors (Lipinski definition) is 6. The average molecular weight is 479 g/mol. The van der Waals surface area contributed by atoms with Crippen molar-refractivity contribution in [3.05, 3.63) is 59.7 Å². The fourth-order valence-electron chi connectivity index (χ4n) is 2.89. The van der Waals surface area contributed by atoms with Crippen molar-refractivity contribution in [3.8, 4) is 0 Å². The molecule has 1 N–H and O–H groups in total. The third kappa shape index (κ3) is 6.13. The lowest BCUT2D eigenvalue weighted by Crippen LogP contribution is -2.43.